The maximum absolute atomic E-state index is 14.4. The summed E-state index contributed by atoms with van der Waals surface area (Å²) in [6.07, 6.45) is 0.933. The zero-order valence-electron chi connectivity index (χ0n) is 21.5. The number of amides is 1. The van der Waals surface area contributed by atoms with Gasteiger partial charge in [-0.05, 0) is 55.2 Å². The monoisotopic (exact) mass is 512 g/mol. The van der Waals surface area contributed by atoms with E-state index in [0.29, 0.717) is 46.7 Å². The molecule has 2 atom stereocenters. The van der Waals surface area contributed by atoms with Gasteiger partial charge in [-0.15, -0.1) is 0 Å². The molecule has 0 bridgehead atoms. The highest BCUT2D eigenvalue weighted by Crippen LogP contribution is 2.48. The number of nitrogens with one attached hydrogen (secondary N) is 2. The lowest BCUT2D eigenvalue weighted by Crippen LogP contribution is -2.37. The molecule has 3 aromatic rings. The Bertz CT molecular complexity index is 1460. The molecule has 0 fully saturated rings. The van der Waals surface area contributed by atoms with Crippen LogP contribution in [0.2, 0.25) is 0 Å². The third-order valence-corrected chi connectivity index (χ3v) is 7.21. The highest BCUT2D eigenvalue weighted by molar-refractivity contribution is 6.10. The van der Waals surface area contributed by atoms with E-state index in [0.717, 1.165) is 11.3 Å². The number of methoxy groups -OCH3 is 2. The van der Waals surface area contributed by atoms with Crippen LogP contribution < -0.4 is 20.1 Å². The van der Waals surface area contributed by atoms with Crippen molar-refractivity contribution in [1.29, 1.82) is 0 Å². The van der Waals surface area contributed by atoms with Crippen molar-refractivity contribution in [3.05, 3.63) is 112 Å². The molecule has 2 N–H and O–H groups in total. The van der Waals surface area contributed by atoms with Crippen LogP contribution in [-0.4, -0.2) is 25.9 Å². The summed E-state index contributed by atoms with van der Waals surface area (Å²) in [5.41, 5.74) is 4.00. The van der Waals surface area contributed by atoms with Crippen LogP contribution in [0.4, 0.5) is 10.1 Å². The average molecular weight is 513 g/mol. The van der Waals surface area contributed by atoms with Gasteiger partial charge in [0.05, 0.1) is 25.8 Å². The number of carbonyl (C=O) groups excluding carboxylic acids is 2. The fourth-order valence-electron chi connectivity index (χ4n) is 5.43. The quantitative estimate of drug-likeness (QED) is 0.434. The summed E-state index contributed by atoms with van der Waals surface area (Å²) in [6, 6.07) is 21.3. The van der Waals surface area contributed by atoms with Crippen LogP contribution in [0.3, 0.4) is 0 Å². The van der Waals surface area contributed by atoms with E-state index in [1.54, 1.807) is 51.5 Å². The summed E-state index contributed by atoms with van der Waals surface area (Å²) < 4.78 is 25.6. The molecule has 0 saturated carbocycles. The lowest BCUT2D eigenvalue weighted by Gasteiger charge is -2.37. The average Bonchev–Trinajstić information content (AvgIpc) is 2.93. The predicted octanol–water partition coefficient (Wildman–Crippen LogP) is 5.84. The van der Waals surface area contributed by atoms with Crippen molar-refractivity contribution >= 4 is 17.4 Å². The smallest absolute Gasteiger partial charge is 0.254 e. The molecule has 0 spiro atoms. The lowest BCUT2D eigenvalue weighted by atomic mass is 9.71. The topological polar surface area (TPSA) is 76.7 Å². The van der Waals surface area contributed by atoms with Crippen molar-refractivity contribution in [2.45, 2.75) is 31.6 Å². The molecule has 0 saturated heterocycles. The highest BCUT2D eigenvalue weighted by Gasteiger charge is 2.42. The first kappa shape index (κ1) is 25.3. The third-order valence-electron chi connectivity index (χ3n) is 7.21. The van der Waals surface area contributed by atoms with Crippen molar-refractivity contribution in [2.24, 2.45) is 0 Å². The number of carbonyl (C=O) groups is 2. The number of ketones is 1. The number of hydrogen-bond acceptors (Lipinski definition) is 5. The van der Waals surface area contributed by atoms with Gasteiger partial charge in [-0.3, -0.25) is 9.59 Å². The maximum Gasteiger partial charge on any atom is 0.254 e. The molecule has 5 rings (SSSR count). The van der Waals surface area contributed by atoms with Gasteiger partial charge in [0, 0.05) is 34.5 Å². The van der Waals surface area contributed by atoms with Crippen LogP contribution in [-0.2, 0) is 9.59 Å². The molecule has 7 heteroatoms. The van der Waals surface area contributed by atoms with Crippen molar-refractivity contribution in [3.63, 3.8) is 0 Å². The summed E-state index contributed by atoms with van der Waals surface area (Å²) in [5, 5.41) is 6.06. The fraction of sp³-hybridized carbons (Fsp3) is 0.226. The Morgan fingerprint density at radius 2 is 1.71 bits per heavy atom. The molecule has 1 aliphatic heterocycles. The SMILES string of the molecule is COc1ccc(OC)c([C@H]2C(C(=O)Nc3ccccc3F)=C(C)NC3=C2C(=O)C[C@H](c2ccccc2)C3)c1. The van der Waals surface area contributed by atoms with Gasteiger partial charge in [0.2, 0.25) is 0 Å². The third kappa shape index (κ3) is 4.67. The normalized spacial score (nSPS) is 19.0. The molecule has 38 heavy (non-hydrogen) atoms. The van der Waals surface area contributed by atoms with Gasteiger partial charge in [-0.25, -0.2) is 4.39 Å². The summed E-state index contributed by atoms with van der Waals surface area (Å²) in [4.78, 5) is 27.6. The number of anilines is 1. The molecular formula is C31H29FN2O4. The van der Waals surface area contributed by atoms with E-state index < -0.39 is 17.6 Å². The highest BCUT2D eigenvalue weighted by atomic mass is 19.1. The molecule has 194 valence electrons. The summed E-state index contributed by atoms with van der Waals surface area (Å²) in [5.74, 6) is -0.718. The van der Waals surface area contributed by atoms with Crippen LogP contribution in [0.5, 0.6) is 11.5 Å². The van der Waals surface area contributed by atoms with Crippen LogP contribution in [0, 0.1) is 5.82 Å². The van der Waals surface area contributed by atoms with E-state index in [1.165, 1.54) is 12.1 Å². The standard InChI is InChI=1S/C31H29FN2O4/c1-18-28(31(36)34-24-12-8-7-11-23(24)32)29(22-17-21(37-2)13-14-27(22)38-3)30-25(33-18)15-20(16-26(30)35)19-9-5-4-6-10-19/h4-14,17,20,29,33H,15-16H2,1-3H3,(H,34,36)/t20-,29+/m1/s1. The van der Waals surface area contributed by atoms with E-state index in [9.17, 15) is 14.0 Å². The number of Topliss-reactive ketones (excluding diaryl/α,β-unsaturated/α-hetero) is 1. The lowest BCUT2D eigenvalue weighted by molar-refractivity contribution is -0.116. The molecule has 0 unspecified atom stereocenters. The first-order valence-corrected chi connectivity index (χ1v) is 12.5. The minimum Gasteiger partial charge on any atom is -0.497 e. The minimum absolute atomic E-state index is 0.0180. The Morgan fingerprint density at radius 1 is 0.974 bits per heavy atom. The number of ether oxygens (including phenoxy) is 2. The van der Waals surface area contributed by atoms with E-state index >= 15 is 0 Å². The van der Waals surface area contributed by atoms with Crippen molar-refractivity contribution in [1.82, 2.24) is 5.32 Å². The molecule has 6 nitrogen and oxygen atoms in total. The van der Waals surface area contributed by atoms with Gasteiger partial charge in [0.15, 0.2) is 5.78 Å². The van der Waals surface area contributed by atoms with Crippen LogP contribution in [0.25, 0.3) is 0 Å². The molecular weight excluding hydrogens is 483 g/mol. The zero-order chi connectivity index (χ0) is 26.8. The second kappa shape index (κ2) is 10.5. The Morgan fingerprint density at radius 3 is 2.42 bits per heavy atom. The van der Waals surface area contributed by atoms with E-state index in [1.807, 2.05) is 30.3 Å². The van der Waals surface area contributed by atoms with Gasteiger partial charge >= 0.3 is 0 Å². The predicted molar refractivity (Wildman–Crippen MR) is 144 cm³/mol. The van der Waals surface area contributed by atoms with Gasteiger partial charge in [-0.2, -0.15) is 0 Å². The number of halogens is 1. The maximum atomic E-state index is 14.4. The molecule has 1 amide bonds. The number of allylic oxidation sites excluding steroid dienone is 3. The number of dihydropyridines is 1. The number of benzene rings is 3. The summed E-state index contributed by atoms with van der Waals surface area (Å²) in [7, 11) is 3.10. The van der Waals surface area contributed by atoms with E-state index in [4.69, 9.17) is 9.47 Å². The van der Waals surface area contributed by atoms with E-state index in [2.05, 4.69) is 10.6 Å². The molecule has 0 radical (unpaired) electrons. The Labute approximate surface area is 221 Å². The fourth-order valence-corrected chi connectivity index (χ4v) is 5.43. The van der Waals surface area contributed by atoms with Crippen LogP contribution in [0.1, 0.15) is 42.7 Å². The first-order valence-electron chi connectivity index (χ1n) is 12.5. The van der Waals surface area contributed by atoms with Crippen LogP contribution >= 0.6 is 0 Å². The van der Waals surface area contributed by atoms with Crippen LogP contribution in [0.15, 0.2) is 95.3 Å². The zero-order valence-corrected chi connectivity index (χ0v) is 21.5. The minimum atomic E-state index is -0.729. The van der Waals surface area contributed by atoms with Gasteiger partial charge < -0.3 is 20.1 Å². The Kier molecular flexibility index (Phi) is 7.01. The van der Waals surface area contributed by atoms with Gasteiger partial charge in [-0.1, -0.05) is 42.5 Å². The molecule has 3 aromatic carbocycles. The Hall–Kier alpha value is -4.39. The first-order chi connectivity index (χ1) is 18.4. The molecule has 1 aliphatic carbocycles. The van der Waals surface area contributed by atoms with Crippen molar-refractivity contribution in [2.75, 3.05) is 19.5 Å². The number of para-hydroxylation sites is 1. The molecule has 2 aliphatic rings. The van der Waals surface area contributed by atoms with Crippen molar-refractivity contribution in [3.8, 4) is 11.5 Å². The summed E-state index contributed by atoms with van der Waals surface area (Å²) in [6.45, 7) is 1.80. The van der Waals surface area contributed by atoms with Gasteiger partial charge in [0.1, 0.15) is 17.3 Å². The second-order valence-corrected chi connectivity index (χ2v) is 9.47. The second-order valence-electron chi connectivity index (χ2n) is 9.47. The molecule has 1 heterocycles. The number of rotatable bonds is 6. The Balaban J connectivity index is 1.64. The summed E-state index contributed by atoms with van der Waals surface area (Å²) >= 11 is 0. The molecule has 0 aromatic heterocycles. The van der Waals surface area contributed by atoms with E-state index in [-0.39, 0.29) is 17.4 Å². The van der Waals surface area contributed by atoms with Gasteiger partial charge in [0.25, 0.3) is 5.91 Å². The largest absolute Gasteiger partial charge is 0.497 e. The number of hydrogen-bond donors (Lipinski definition) is 2. The van der Waals surface area contributed by atoms with Crippen molar-refractivity contribution < 1.29 is 23.5 Å².